The highest BCUT2D eigenvalue weighted by Gasteiger charge is 2.32. The van der Waals surface area contributed by atoms with E-state index in [2.05, 4.69) is 5.32 Å². The highest BCUT2D eigenvalue weighted by molar-refractivity contribution is 7.92. The minimum atomic E-state index is -3.73. The summed E-state index contributed by atoms with van der Waals surface area (Å²) in [6, 6.07) is 20.8. The number of hydrogen-bond donors (Lipinski definition) is 1. The normalized spacial score (nSPS) is 14.5. The van der Waals surface area contributed by atoms with Gasteiger partial charge in [-0.1, -0.05) is 96.5 Å². The zero-order chi connectivity index (χ0) is 31.7. The number of amides is 2. The maximum absolute atomic E-state index is 14.0. The topological polar surface area (TPSA) is 86.8 Å². The van der Waals surface area contributed by atoms with Crippen molar-refractivity contribution in [1.82, 2.24) is 10.2 Å². The highest BCUT2D eigenvalue weighted by atomic mass is 35.5. The Hall–Kier alpha value is -2.78. The van der Waals surface area contributed by atoms with Crippen molar-refractivity contribution in [3.63, 3.8) is 0 Å². The number of hydrogen-bond acceptors (Lipinski definition) is 4. The van der Waals surface area contributed by atoms with Crippen molar-refractivity contribution in [2.45, 2.75) is 70.0 Å². The van der Waals surface area contributed by atoms with Gasteiger partial charge in [0.1, 0.15) is 6.04 Å². The number of sulfonamides is 1. The summed E-state index contributed by atoms with van der Waals surface area (Å²) >= 11 is 18.8. The minimum absolute atomic E-state index is 0.00672. The largest absolute Gasteiger partial charge is 0.352 e. The number of halogens is 3. The van der Waals surface area contributed by atoms with Crippen LogP contribution in [-0.4, -0.2) is 50.0 Å². The summed E-state index contributed by atoms with van der Waals surface area (Å²) in [6.45, 7) is 0.179. The van der Waals surface area contributed by atoms with E-state index in [9.17, 15) is 18.0 Å². The molecule has 1 unspecified atom stereocenters. The molecule has 0 radical (unpaired) electrons. The molecule has 3 aromatic rings. The van der Waals surface area contributed by atoms with Crippen LogP contribution in [0.5, 0.6) is 0 Å². The smallest absolute Gasteiger partial charge is 0.243 e. The second kappa shape index (κ2) is 16.0. The van der Waals surface area contributed by atoms with Crippen molar-refractivity contribution < 1.29 is 18.0 Å². The third-order valence-corrected chi connectivity index (χ3v) is 9.76. The molecule has 44 heavy (non-hydrogen) atoms. The first kappa shape index (κ1) is 34.1. The molecule has 1 saturated carbocycles. The van der Waals surface area contributed by atoms with Gasteiger partial charge >= 0.3 is 0 Å². The number of nitrogens with one attached hydrogen (secondary N) is 1. The molecular formula is C33H38Cl3N3O4S. The summed E-state index contributed by atoms with van der Waals surface area (Å²) in [7, 11) is -3.73. The molecule has 1 aliphatic rings. The zero-order valence-corrected chi connectivity index (χ0v) is 27.8. The molecule has 11 heteroatoms. The molecule has 0 bridgehead atoms. The van der Waals surface area contributed by atoms with Crippen LogP contribution >= 0.6 is 34.8 Å². The summed E-state index contributed by atoms with van der Waals surface area (Å²) < 4.78 is 26.6. The van der Waals surface area contributed by atoms with Crippen molar-refractivity contribution in [1.29, 1.82) is 0 Å². The number of anilines is 1. The minimum Gasteiger partial charge on any atom is -0.352 e. The van der Waals surface area contributed by atoms with Gasteiger partial charge < -0.3 is 10.2 Å². The summed E-state index contributed by atoms with van der Waals surface area (Å²) in [5.74, 6) is -0.463. The first-order valence-corrected chi connectivity index (χ1v) is 17.8. The molecule has 4 rings (SSSR count). The molecule has 1 fully saturated rings. The van der Waals surface area contributed by atoms with Gasteiger partial charge in [-0.15, -0.1) is 0 Å². The van der Waals surface area contributed by atoms with Crippen molar-refractivity contribution in [2.24, 2.45) is 0 Å². The Morgan fingerprint density at radius 2 is 1.57 bits per heavy atom. The summed E-state index contributed by atoms with van der Waals surface area (Å²) in [6.07, 6.45) is 6.74. The summed E-state index contributed by atoms with van der Waals surface area (Å²) in [4.78, 5) is 29.6. The van der Waals surface area contributed by atoms with Crippen LogP contribution in [0.2, 0.25) is 15.1 Å². The fourth-order valence-electron chi connectivity index (χ4n) is 5.59. The fourth-order valence-corrected chi connectivity index (χ4v) is 7.21. The Labute approximate surface area is 275 Å². The summed E-state index contributed by atoms with van der Waals surface area (Å²) in [5.41, 5.74) is 1.97. The van der Waals surface area contributed by atoms with E-state index in [0.29, 0.717) is 16.5 Å². The van der Waals surface area contributed by atoms with Crippen LogP contribution in [0.15, 0.2) is 72.8 Å². The predicted molar refractivity (Wildman–Crippen MR) is 179 cm³/mol. The number of rotatable bonds is 13. The van der Waals surface area contributed by atoms with Crippen LogP contribution in [0.25, 0.3) is 0 Å². The Bertz CT molecular complexity index is 1530. The quantitative estimate of drug-likeness (QED) is 0.206. The van der Waals surface area contributed by atoms with Crippen molar-refractivity contribution in [2.75, 3.05) is 17.1 Å². The summed E-state index contributed by atoms with van der Waals surface area (Å²) in [5, 5.41) is 4.33. The fraction of sp³-hybridized carbons (Fsp3) is 0.394. The Morgan fingerprint density at radius 1 is 0.886 bits per heavy atom. The lowest BCUT2D eigenvalue weighted by atomic mass is 9.94. The lowest BCUT2D eigenvalue weighted by Crippen LogP contribution is -2.52. The van der Waals surface area contributed by atoms with E-state index >= 15 is 0 Å². The molecule has 0 aromatic heterocycles. The van der Waals surface area contributed by atoms with Crippen molar-refractivity contribution >= 4 is 62.3 Å². The number of carbonyl (C=O) groups is 2. The third-order valence-electron chi connectivity index (χ3n) is 7.79. The number of benzene rings is 3. The molecule has 0 aliphatic heterocycles. The van der Waals surface area contributed by atoms with Gasteiger partial charge in [-0.25, -0.2) is 8.42 Å². The van der Waals surface area contributed by atoms with Crippen LogP contribution < -0.4 is 9.62 Å². The maximum atomic E-state index is 14.0. The van der Waals surface area contributed by atoms with E-state index in [1.807, 2.05) is 42.5 Å². The van der Waals surface area contributed by atoms with E-state index < -0.39 is 16.1 Å². The van der Waals surface area contributed by atoms with Crippen molar-refractivity contribution in [3.8, 4) is 0 Å². The van der Waals surface area contributed by atoms with Crippen LogP contribution in [0.3, 0.4) is 0 Å². The van der Waals surface area contributed by atoms with Crippen LogP contribution in [0, 0.1) is 0 Å². The van der Waals surface area contributed by atoms with E-state index in [-0.39, 0.29) is 54.5 Å². The van der Waals surface area contributed by atoms with Gasteiger partial charge in [0, 0.05) is 42.0 Å². The molecule has 2 amide bonds. The van der Waals surface area contributed by atoms with Gasteiger partial charge in [-0.05, 0) is 60.7 Å². The first-order valence-electron chi connectivity index (χ1n) is 14.8. The maximum Gasteiger partial charge on any atom is 0.243 e. The number of nitrogens with zero attached hydrogens (tertiary/aromatic N) is 2. The third kappa shape index (κ3) is 9.86. The average molecular weight is 679 g/mol. The van der Waals surface area contributed by atoms with Crippen LogP contribution in [0.4, 0.5) is 5.69 Å². The molecule has 1 N–H and O–H groups in total. The Morgan fingerprint density at radius 3 is 2.25 bits per heavy atom. The highest BCUT2D eigenvalue weighted by Crippen LogP contribution is 2.31. The standard InChI is InChI=1S/C33H38Cl3N3O4S/c1-44(42,43)39(30-22-27(35)17-18-29(30)36)19-9-16-32(40)38(23-25-12-8-13-26(34)20-25)31(21-24-10-4-2-5-11-24)33(41)37-28-14-6-3-7-15-28/h2,4-5,8,10-13,17-18,20,22,28,31H,3,6-7,9,14-16,19,21,23H2,1H3,(H,37,41). The first-order chi connectivity index (χ1) is 21.0. The van der Waals surface area contributed by atoms with Crippen molar-refractivity contribution in [3.05, 3.63) is 99.0 Å². The van der Waals surface area contributed by atoms with Gasteiger partial charge in [0.25, 0.3) is 0 Å². The second-order valence-electron chi connectivity index (χ2n) is 11.2. The lowest BCUT2D eigenvalue weighted by molar-refractivity contribution is -0.141. The van der Waals surface area contributed by atoms with Crippen LogP contribution in [-0.2, 0) is 32.6 Å². The zero-order valence-electron chi connectivity index (χ0n) is 24.7. The monoisotopic (exact) mass is 677 g/mol. The molecule has 7 nitrogen and oxygen atoms in total. The molecule has 1 aliphatic carbocycles. The van der Waals surface area contributed by atoms with E-state index in [0.717, 1.165) is 53.8 Å². The van der Waals surface area contributed by atoms with E-state index in [4.69, 9.17) is 34.8 Å². The van der Waals surface area contributed by atoms with E-state index in [1.165, 1.54) is 12.1 Å². The van der Waals surface area contributed by atoms with Crippen LogP contribution in [0.1, 0.15) is 56.1 Å². The Kier molecular flexibility index (Phi) is 12.4. The molecular weight excluding hydrogens is 641 g/mol. The average Bonchev–Trinajstić information content (AvgIpc) is 2.99. The lowest BCUT2D eigenvalue weighted by Gasteiger charge is -2.34. The van der Waals surface area contributed by atoms with Gasteiger partial charge in [0.05, 0.1) is 17.0 Å². The van der Waals surface area contributed by atoms with Gasteiger partial charge in [0.15, 0.2) is 0 Å². The SMILES string of the molecule is CS(=O)(=O)N(CCCC(=O)N(Cc1cccc(Cl)c1)C(Cc1ccccc1)C(=O)NC1CCCCC1)c1cc(Cl)ccc1Cl. The van der Waals surface area contributed by atoms with Gasteiger partial charge in [0.2, 0.25) is 21.8 Å². The number of carbonyl (C=O) groups excluding carboxylic acids is 2. The Balaban J connectivity index is 1.60. The molecule has 1 atom stereocenters. The van der Waals surface area contributed by atoms with Gasteiger partial charge in [-0.2, -0.15) is 0 Å². The van der Waals surface area contributed by atoms with Gasteiger partial charge in [-0.3, -0.25) is 13.9 Å². The van der Waals surface area contributed by atoms with E-state index in [1.54, 1.807) is 23.1 Å². The second-order valence-corrected chi connectivity index (χ2v) is 14.4. The molecule has 3 aromatic carbocycles. The molecule has 0 heterocycles. The molecule has 236 valence electrons. The molecule has 0 saturated heterocycles. The predicted octanol–water partition coefficient (Wildman–Crippen LogP) is 7.28. The molecule has 0 spiro atoms.